The number of anilines is 1. The largest absolute Gasteiger partial charge is 0.481 e. The van der Waals surface area contributed by atoms with Crippen molar-refractivity contribution in [2.75, 3.05) is 12.8 Å². The summed E-state index contributed by atoms with van der Waals surface area (Å²) in [4.78, 5) is 24.4. The van der Waals surface area contributed by atoms with Crippen molar-refractivity contribution in [1.82, 2.24) is 14.9 Å². The Morgan fingerprint density at radius 3 is 2.62 bits per heavy atom. The molecule has 1 aliphatic carbocycles. The second kappa shape index (κ2) is 6.44. The van der Waals surface area contributed by atoms with Crippen LogP contribution in [-0.4, -0.2) is 33.9 Å². The van der Waals surface area contributed by atoms with Gasteiger partial charge in [0, 0.05) is 34.3 Å². The number of nitrogen functional groups attached to an aromatic ring is 1. The first-order valence-electron chi connectivity index (χ1n) is 10.0. The van der Waals surface area contributed by atoms with Crippen molar-refractivity contribution in [2.24, 2.45) is 5.92 Å². The summed E-state index contributed by atoms with van der Waals surface area (Å²) in [7, 11) is 1.61. The van der Waals surface area contributed by atoms with Crippen molar-refractivity contribution in [3.05, 3.63) is 47.3 Å². The number of pyridine rings is 2. The van der Waals surface area contributed by atoms with Gasteiger partial charge in [0.05, 0.1) is 36.1 Å². The predicted octanol–water partition coefficient (Wildman–Crippen LogP) is 3.95. The standard InChI is InChI=1S/C23H24N4O2/c1-12-9-14(10-12)27-11-18-20(23(27)28)21(24)17-6-4-5-16(22(17)26-18)15-7-8-19(29-3)25-13(15)2/h4-8,12,14H,9-11H2,1-3H3,(H2,24,26)/t12-,14-. The Hall–Kier alpha value is -3.15. The Labute approximate surface area is 169 Å². The average Bonchev–Trinajstić information content (AvgIpc) is 3.01. The molecule has 2 aromatic heterocycles. The number of aryl methyl sites for hydroxylation is 1. The van der Waals surface area contributed by atoms with Crippen LogP contribution in [0, 0.1) is 12.8 Å². The summed E-state index contributed by atoms with van der Waals surface area (Å²) in [5.41, 5.74) is 12.0. The van der Waals surface area contributed by atoms with Crippen molar-refractivity contribution in [2.45, 2.75) is 39.3 Å². The maximum atomic E-state index is 13.1. The van der Waals surface area contributed by atoms with Gasteiger partial charge in [-0.2, -0.15) is 0 Å². The van der Waals surface area contributed by atoms with Gasteiger partial charge < -0.3 is 15.4 Å². The lowest BCUT2D eigenvalue weighted by Gasteiger charge is -2.39. The first-order valence-corrected chi connectivity index (χ1v) is 10.0. The van der Waals surface area contributed by atoms with E-state index in [1.165, 1.54) is 0 Å². The average molecular weight is 388 g/mol. The van der Waals surface area contributed by atoms with Crippen LogP contribution in [0.3, 0.4) is 0 Å². The molecule has 3 aromatic rings. The minimum Gasteiger partial charge on any atom is -0.481 e. The molecule has 5 rings (SSSR count). The Morgan fingerprint density at radius 2 is 1.93 bits per heavy atom. The molecular formula is C23H24N4O2. The molecule has 0 spiro atoms. The number of ether oxygens (including phenoxy) is 1. The van der Waals surface area contributed by atoms with Crippen molar-refractivity contribution in [3.63, 3.8) is 0 Å². The summed E-state index contributed by atoms with van der Waals surface area (Å²) < 4.78 is 5.23. The molecule has 148 valence electrons. The van der Waals surface area contributed by atoms with Crippen molar-refractivity contribution in [3.8, 4) is 17.0 Å². The molecule has 2 N–H and O–H groups in total. The number of hydrogen-bond acceptors (Lipinski definition) is 5. The van der Waals surface area contributed by atoms with Gasteiger partial charge in [0.1, 0.15) is 0 Å². The lowest BCUT2D eigenvalue weighted by atomic mass is 9.81. The number of aromatic nitrogens is 2. The van der Waals surface area contributed by atoms with E-state index in [9.17, 15) is 4.79 Å². The van der Waals surface area contributed by atoms with Gasteiger partial charge in [-0.15, -0.1) is 0 Å². The first-order chi connectivity index (χ1) is 14.0. The van der Waals surface area contributed by atoms with E-state index in [1.54, 1.807) is 7.11 Å². The molecule has 0 radical (unpaired) electrons. The molecule has 1 saturated carbocycles. The molecule has 2 aliphatic rings. The van der Waals surface area contributed by atoms with Crippen molar-refractivity contribution < 1.29 is 9.53 Å². The van der Waals surface area contributed by atoms with E-state index in [0.717, 1.165) is 46.3 Å². The van der Waals surface area contributed by atoms with Crippen LogP contribution in [0.2, 0.25) is 0 Å². The third-order valence-corrected chi connectivity index (χ3v) is 6.27. The highest BCUT2D eigenvalue weighted by Crippen LogP contribution is 2.41. The SMILES string of the molecule is COc1ccc(-c2cccc3c(N)c4c(nc23)CN([C@H]2C[C@H](C)C2)C4=O)c(C)n1. The summed E-state index contributed by atoms with van der Waals surface area (Å²) in [5.74, 6) is 1.28. The third kappa shape index (κ3) is 2.66. The zero-order chi connectivity index (χ0) is 20.3. The molecule has 0 saturated heterocycles. The molecular weight excluding hydrogens is 364 g/mol. The lowest BCUT2D eigenvalue weighted by Crippen LogP contribution is -2.44. The van der Waals surface area contributed by atoms with E-state index < -0.39 is 0 Å². The van der Waals surface area contributed by atoms with Crippen LogP contribution in [0.5, 0.6) is 5.88 Å². The second-order valence-electron chi connectivity index (χ2n) is 8.20. The number of carbonyl (C=O) groups excluding carboxylic acids is 1. The minimum absolute atomic E-state index is 0.0245. The normalized spacial score (nSPS) is 20.7. The van der Waals surface area contributed by atoms with E-state index in [4.69, 9.17) is 15.5 Å². The Bertz CT molecular complexity index is 1150. The number of carbonyl (C=O) groups is 1. The lowest BCUT2D eigenvalue weighted by molar-refractivity contribution is 0.0509. The molecule has 1 fully saturated rings. The summed E-state index contributed by atoms with van der Waals surface area (Å²) in [6, 6.07) is 10.1. The molecule has 6 heteroatoms. The van der Waals surface area contributed by atoms with E-state index in [-0.39, 0.29) is 5.91 Å². The number of nitrogens with two attached hydrogens (primary N) is 1. The predicted molar refractivity (Wildman–Crippen MR) is 113 cm³/mol. The number of benzene rings is 1. The van der Waals surface area contributed by atoms with Gasteiger partial charge >= 0.3 is 0 Å². The summed E-state index contributed by atoms with van der Waals surface area (Å²) in [6.07, 6.45) is 2.11. The number of nitrogens with zero attached hydrogens (tertiary/aromatic N) is 3. The molecule has 0 unspecified atom stereocenters. The van der Waals surface area contributed by atoms with E-state index in [1.807, 2.05) is 42.2 Å². The zero-order valence-corrected chi connectivity index (χ0v) is 16.9. The summed E-state index contributed by atoms with van der Waals surface area (Å²) in [5, 5.41) is 0.814. The van der Waals surface area contributed by atoms with Crippen LogP contribution in [0.4, 0.5) is 5.69 Å². The maximum Gasteiger partial charge on any atom is 0.258 e. The zero-order valence-electron chi connectivity index (χ0n) is 16.9. The number of fused-ring (bicyclic) bond motifs is 2. The number of rotatable bonds is 3. The van der Waals surface area contributed by atoms with Gasteiger partial charge in [-0.3, -0.25) is 4.79 Å². The van der Waals surface area contributed by atoms with Crippen LogP contribution in [0.1, 0.15) is 41.5 Å². The van der Waals surface area contributed by atoms with Crippen molar-refractivity contribution in [1.29, 1.82) is 0 Å². The van der Waals surface area contributed by atoms with Crippen LogP contribution in [0.25, 0.3) is 22.0 Å². The molecule has 6 nitrogen and oxygen atoms in total. The quantitative estimate of drug-likeness (QED) is 0.735. The van der Waals surface area contributed by atoms with Gasteiger partial charge in [-0.1, -0.05) is 25.1 Å². The number of hydrogen-bond donors (Lipinski definition) is 1. The van der Waals surface area contributed by atoms with Gasteiger partial charge in [-0.25, -0.2) is 9.97 Å². The number of methoxy groups -OCH3 is 1. The highest BCUT2D eigenvalue weighted by molar-refractivity contribution is 6.11. The van der Waals surface area contributed by atoms with Gasteiger partial charge in [0.2, 0.25) is 5.88 Å². The molecule has 1 amide bonds. The van der Waals surface area contributed by atoms with Crippen LogP contribution >= 0.6 is 0 Å². The molecule has 0 atom stereocenters. The van der Waals surface area contributed by atoms with Crippen LogP contribution in [0.15, 0.2) is 30.3 Å². The Morgan fingerprint density at radius 1 is 1.14 bits per heavy atom. The van der Waals surface area contributed by atoms with E-state index in [2.05, 4.69) is 11.9 Å². The fourth-order valence-electron chi connectivity index (χ4n) is 4.66. The van der Waals surface area contributed by atoms with E-state index in [0.29, 0.717) is 35.6 Å². The molecule has 0 bridgehead atoms. The third-order valence-electron chi connectivity index (χ3n) is 6.27. The minimum atomic E-state index is 0.0245. The topological polar surface area (TPSA) is 81.3 Å². The Balaban J connectivity index is 1.65. The van der Waals surface area contributed by atoms with Gasteiger partial charge in [0.15, 0.2) is 0 Å². The maximum absolute atomic E-state index is 13.1. The fourth-order valence-corrected chi connectivity index (χ4v) is 4.66. The smallest absolute Gasteiger partial charge is 0.258 e. The molecule has 29 heavy (non-hydrogen) atoms. The molecule has 1 aliphatic heterocycles. The number of amides is 1. The number of para-hydroxylation sites is 1. The highest BCUT2D eigenvalue weighted by atomic mass is 16.5. The van der Waals surface area contributed by atoms with Gasteiger partial charge in [-0.05, 0) is 31.7 Å². The van der Waals surface area contributed by atoms with Gasteiger partial charge in [0.25, 0.3) is 5.91 Å². The molecule has 1 aromatic carbocycles. The second-order valence-corrected chi connectivity index (χ2v) is 8.20. The monoisotopic (exact) mass is 388 g/mol. The van der Waals surface area contributed by atoms with E-state index >= 15 is 0 Å². The summed E-state index contributed by atoms with van der Waals surface area (Å²) >= 11 is 0. The highest BCUT2D eigenvalue weighted by Gasteiger charge is 2.40. The first kappa shape index (κ1) is 17.9. The van der Waals surface area contributed by atoms with Crippen LogP contribution < -0.4 is 10.5 Å². The summed E-state index contributed by atoms with van der Waals surface area (Å²) in [6.45, 7) is 4.72. The fraction of sp³-hybridized carbons (Fsp3) is 0.348. The van der Waals surface area contributed by atoms with Crippen molar-refractivity contribution >= 4 is 22.5 Å². The molecule has 3 heterocycles. The Kier molecular flexibility index (Phi) is 3.98. The van der Waals surface area contributed by atoms with Crippen LogP contribution in [-0.2, 0) is 6.54 Å².